The fourth-order valence-corrected chi connectivity index (χ4v) is 5.32. The number of aliphatic carboxylic acids is 1. The van der Waals surface area contributed by atoms with Crippen LogP contribution in [0.15, 0.2) is 103 Å². The smallest absolute Gasteiger partial charge is 0.304 e. The fourth-order valence-electron chi connectivity index (χ4n) is 5.32. The van der Waals surface area contributed by atoms with Gasteiger partial charge in [-0.3, -0.25) is 9.69 Å². The maximum absolute atomic E-state index is 11.5. The van der Waals surface area contributed by atoms with Crippen molar-refractivity contribution in [1.82, 2.24) is 9.47 Å². The summed E-state index contributed by atoms with van der Waals surface area (Å²) in [4.78, 5) is 13.8. The zero-order valence-corrected chi connectivity index (χ0v) is 20.7. The van der Waals surface area contributed by atoms with Crippen LogP contribution >= 0.6 is 0 Å². The molecule has 0 spiro atoms. The second-order valence-corrected chi connectivity index (χ2v) is 9.37. The van der Waals surface area contributed by atoms with Crippen molar-refractivity contribution >= 4 is 27.8 Å². The van der Waals surface area contributed by atoms with Gasteiger partial charge < -0.3 is 9.67 Å². The van der Waals surface area contributed by atoms with Crippen LogP contribution in [0.5, 0.6) is 0 Å². The minimum Gasteiger partial charge on any atom is -0.481 e. The van der Waals surface area contributed by atoms with Crippen LogP contribution in [0, 0.1) is 0 Å². The molecule has 0 saturated heterocycles. The van der Waals surface area contributed by atoms with Crippen molar-refractivity contribution in [3.8, 4) is 0 Å². The lowest BCUT2D eigenvalue weighted by Gasteiger charge is -2.28. The van der Waals surface area contributed by atoms with Gasteiger partial charge in [0.1, 0.15) is 0 Å². The quantitative estimate of drug-likeness (QED) is 0.238. The molecule has 1 aromatic heterocycles. The van der Waals surface area contributed by atoms with E-state index in [9.17, 15) is 9.90 Å². The molecule has 0 radical (unpaired) electrons. The Balaban J connectivity index is 1.49. The maximum Gasteiger partial charge on any atom is 0.304 e. The van der Waals surface area contributed by atoms with Gasteiger partial charge in [-0.2, -0.15) is 0 Å². The molecule has 5 aromatic rings. The highest BCUT2D eigenvalue weighted by molar-refractivity contribution is 6.08. The molecule has 36 heavy (non-hydrogen) atoms. The molecular weight excluding hydrogens is 444 g/mol. The highest BCUT2D eigenvalue weighted by Gasteiger charge is 2.20. The number of fused-ring (bicyclic) bond motifs is 3. The second kappa shape index (κ2) is 10.8. The molecular formula is C32H32N2O2. The van der Waals surface area contributed by atoms with Crippen LogP contribution in [0.3, 0.4) is 0 Å². The lowest BCUT2D eigenvalue weighted by Crippen LogP contribution is -2.31. The molecule has 0 fully saturated rings. The van der Waals surface area contributed by atoms with Crippen LogP contribution < -0.4 is 0 Å². The summed E-state index contributed by atoms with van der Waals surface area (Å²) in [6, 6.07) is 36.3. The van der Waals surface area contributed by atoms with Crippen molar-refractivity contribution in [2.75, 3.05) is 13.1 Å². The summed E-state index contributed by atoms with van der Waals surface area (Å²) < 4.78 is 2.36. The normalized spacial score (nSPS) is 11.6. The van der Waals surface area contributed by atoms with Gasteiger partial charge in [-0.05, 0) is 41.8 Å². The van der Waals surface area contributed by atoms with Gasteiger partial charge in [0, 0.05) is 53.9 Å². The van der Waals surface area contributed by atoms with Crippen molar-refractivity contribution in [2.45, 2.75) is 32.4 Å². The van der Waals surface area contributed by atoms with E-state index in [-0.39, 0.29) is 12.3 Å². The lowest BCUT2D eigenvalue weighted by atomic mass is 9.90. The van der Waals surface area contributed by atoms with E-state index >= 15 is 0 Å². The maximum atomic E-state index is 11.5. The molecule has 0 aliphatic carbocycles. The Bertz CT molecular complexity index is 1420. The number of hydrogen-bond acceptors (Lipinski definition) is 2. The Morgan fingerprint density at radius 2 is 1.42 bits per heavy atom. The summed E-state index contributed by atoms with van der Waals surface area (Å²) in [6.07, 6.45) is 0.119. The highest BCUT2D eigenvalue weighted by Crippen LogP contribution is 2.31. The van der Waals surface area contributed by atoms with Crippen molar-refractivity contribution in [3.63, 3.8) is 0 Å². The van der Waals surface area contributed by atoms with Crippen LogP contribution in [-0.2, 0) is 17.9 Å². The van der Waals surface area contributed by atoms with Crippen molar-refractivity contribution in [3.05, 3.63) is 120 Å². The van der Waals surface area contributed by atoms with Gasteiger partial charge in [0.15, 0.2) is 0 Å². The van der Waals surface area contributed by atoms with E-state index in [1.807, 2.05) is 12.1 Å². The number of aryl methyl sites for hydroxylation is 1. The van der Waals surface area contributed by atoms with E-state index in [0.717, 1.165) is 13.1 Å². The molecule has 5 rings (SSSR count). The summed E-state index contributed by atoms with van der Waals surface area (Å²) in [5.74, 6) is -0.607. The van der Waals surface area contributed by atoms with E-state index in [1.165, 1.54) is 38.5 Å². The third-order valence-corrected chi connectivity index (χ3v) is 7.05. The monoisotopic (exact) mass is 476 g/mol. The number of aromatic nitrogens is 1. The Hall–Kier alpha value is -3.89. The van der Waals surface area contributed by atoms with Gasteiger partial charge in [-0.15, -0.1) is 0 Å². The number of para-hydroxylation sites is 1. The van der Waals surface area contributed by atoms with Gasteiger partial charge in [-0.1, -0.05) is 84.9 Å². The molecule has 1 heterocycles. The van der Waals surface area contributed by atoms with Crippen LogP contribution in [0.4, 0.5) is 0 Å². The molecule has 0 bridgehead atoms. The Labute approximate surface area is 212 Å². The van der Waals surface area contributed by atoms with Gasteiger partial charge in [0.2, 0.25) is 0 Å². The largest absolute Gasteiger partial charge is 0.481 e. The standard InChI is InChI=1S/C32H32N2O2/c1-2-34-30-16-10-9-15-27(30)28-21-24(17-18-31(28)34)22-33(20-19-32(35)36)23-29(25-11-5-3-6-12-25)26-13-7-4-8-14-26/h3-18,21,29H,2,19-20,22-23H2,1H3,(H,35,36). The SMILES string of the molecule is CCn1c2ccccc2c2cc(CN(CCC(=O)O)CC(c3ccccc3)c3ccccc3)ccc21. The summed E-state index contributed by atoms with van der Waals surface area (Å²) in [6.45, 7) is 5.05. The number of nitrogens with zero attached hydrogens (tertiary/aromatic N) is 2. The summed E-state index contributed by atoms with van der Waals surface area (Å²) in [7, 11) is 0. The zero-order valence-electron chi connectivity index (χ0n) is 20.7. The third-order valence-electron chi connectivity index (χ3n) is 7.05. The molecule has 4 aromatic carbocycles. The number of carbonyl (C=O) groups is 1. The minimum absolute atomic E-state index is 0.119. The molecule has 0 amide bonds. The number of benzene rings is 4. The van der Waals surface area contributed by atoms with Gasteiger partial charge in [0.05, 0.1) is 6.42 Å². The first-order valence-corrected chi connectivity index (χ1v) is 12.7. The Kier molecular flexibility index (Phi) is 7.15. The molecule has 182 valence electrons. The first kappa shape index (κ1) is 23.8. The predicted octanol–water partition coefficient (Wildman–Crippen LogP) is 6.92. The fraction of sp³-hybridized carbons (Fsp3) is 0.219. The summed E-state index contributed by atoms with van der Waals surface area (Å²) in [5.41, 5.74) is 6.18. The van der Waals surface area contributed by atoms with Crippen LogP contribution in [0.1, 0.15) is 36.0 Å². The molecule has 0 saturated carbocycles. The number of carboxylic acid groups (broad SMARTS) is 1. The van der Waals surface area contributed by atoms with Gasteiger partial charge >= 0.3 is 5.97 Å². The van der Waals surface area contributed by atoms with Crippen LogP contribution in [-0.4, -0.2) is 33.6 Å². The first-order chi connectivity index (χ1) is 17.6. The van der Waals surface area contributed by atoms with E-state index in [4.69, 9.17) is 0 Å². The third kappa shape index (κ3) is 5.05. The Morgan fingerprint density at radius 3 is 2.06 bits per heavy atom. The van der Waals surface area contributed by atoms with Crippen molar-refractivity contribution < 1.29 is 9.90 Å². The number of rotatable bonds is 10. The topological polar surface area (TPSA) is 45.5 Å². The molecule has 4 nitrogen and oxygen atoms in total. The average Bonchev–Trinajstić information content (AvgIpc) is 3.24. The average molecular weight is 477 g/mol. The first-order valence-electron chi connectivity index (χ1n) is 12.7. The minimum atomic E-state index is -0.766. The van der Waals surface area contributed by atoms with Crippen LogP contribution in [0.25, 0.3) is 21.8 Å². The summed E-state index contributed by atoms with van der Waals surface area (Å²) in [5, 5.41) is 12.0. The zero-order chi connectivity index (χ0) is 24.9. The van der Waals surface area contributed by atoms with E-state index in [2.05, 4.69) is 107 Å². The van der Waals surface area contributed by atoms with Crippen molar-refractivity contribution in [2.24, 2.45) is 0 Å². The van der Waals surface area contributed by atoms with Gasteiger partial charge in [-0.25, -0.2) is 0 Å². The van der Waals surface area contributed by atoms with Gasteiger partial charge in [0.25, 0.3) is 0 Å². The van der Waals surface area contributed by atoms with E-state index < -0.39 is 5.97 Å². The molecule has 4 heteroatoms. The molecule has 1 N–H and O–H groups in total. The van der Waals surface area contributed by atoms with Crippen LogP contribution in [0.2, 0.25) is 0 Å². The number of carboxylic acids is 1. The molecule has 0 atom stereocenters. The Morgan fingerprint density at radius 1 is 0.806 bits per heavy atom. The van der Waals surface area contributed by atoms with E-state index in [0.29, 0.717) is 13.1 Å². The second-order valence-electron chi connectivity index (χ2n) is 9.37. The number of hydrogen-bond donors (Lipinski definition) is 1. The molecule has 0 aliphatic heterocycles. The highest BCUT2D eigenvalue weighted by atomic mass is 16.4. The van der Waals surface area contributed by atoms with E-state index in [1.54, 1.807) is 0 Å². The lowest BCUT2D eigenvalue weighted by molar-refractivity contribution is -0.137. The molecule has 0 unspecified atom stereocenters. The summed E-state index contributed by atoms with van der Waals surface area (Å²) >= 11 is 0. The van der Waals surface area contributed by atoms with Crippen molar-refractivity contribution in [1.29, 1.82) is 0 Å². The molecule has 0 aliphatic rings. The predicted molar refractivity (Wildman–Crippen MR) is 147 cm³/mol.